The molecule has 5 heteroatoms. The summed E-state index contributed by atoms with van der Waals surface area (Å²) in [4.78, 5) is 2.66. The molecule has 1 N–H and O–H groups in total. The first-order valence-corrected chi connectivity index (χ1v) is 8.85. The van der Waals surface area contributed by atoms with Crippen molar-refractivity contribution in [2.45, 2.75) is 44.2 Å². The van der Waals surface area contributed by atoms with E-state index in [-0.39, 0.29) is 12.4 Å². The summed E-state index contributed by atoms with van der Waals surface area (Å²) in [5, 5.41) is 12.7. The maximum atomic E-state index is 9.01. The molecule has 24 heavy (non-hydrogen) atoms. The molecule has 4 nitrogen and oxygen atoms in total. The molecule has 1 heterocycles. The lowest BCUT2D eigenvalue weighted by Gasteiger charge is -2.48. The summed E-state index contributed by atoms with van der Waals surface area (Å²) in [5.41, 5.74) is 2.23. The van der Waals surface area contributed by atoms with Gasteiger partial charge in [-0.25, -0.2) is 0 Å². The molecule has 132 valence electrons. The molecule has 1 saturated carbocycles. The molecule has 1 aromatic carbocycles. The molecule has 1 saturated heterocycles. The smallest absolute Gasteiger partial charge is 0.0991 e. The van der Waals surface area contributed by atoms with Crippen molar-refractivity contribution in [3.05, 3.63) is 35.4 Å². The predicted molar refractivity (Wildman–Crippen MR) is 98.3 cm³/mol. The molecule has 2 aliphatic rings. The molecule has 1 aromatic rings. The summed E-state index contributed by atoms with van der Waals surface area (Å²) in [6.07, 6.45) is 6.62. The van der Waals surface area contributed by atoms with Gasteiger partial charge in [-0.05, 0) is 30.5 Å². The minimum absolute atomic E-state index is 0. The SMILES string of the molecule is Cl.N#Cc1cccc(CNCC2(N3CCOCC3)CCCCC2)c1. The lowest BCUT2D eigenvalue weighted by molar-refractivity contribution is -0.0369. The van der Waals surface area contributed by atoms with E-state index in [1.165, 1.54) is 37.7 Å². The molecule has 0 atom stereocenters. The Morgan fingerprint density at radius 3 is 2.62 bits per heavy atom. The Labute approximate surface area is 151 Å². The summed E-state index contributed by atoms with van der Waals surface area (Å²) in [5.74, 6) is 0. The Kier molecular flexibility index (Phi) is 7.51. The Morgan fingerprint density at radius 1 is 1.17 bits per heavy atom. The topological polar surface area (TPSA) is 48.3 Å². The van der Waals surface area contributed by atoms with Gasteiger partial charge in [0.25, 0.3) is 0 Å². The number of hydrogen-bond donors (Lipinski definition) is 1. The first kappa shape index (κ1) is 19.2. The zero-order chi connectivity index (χ0) is 16.0. The van der Waals surface area contributed by atoms with Crippen LogP contribution >= 0.6 is 12.4 Å². The minimum atomic E-state index is 0. The molecule has 0 amide bonds. The molecule has 0 aromatic heterocycles. The van der Waals surface area contributed by atoms with Crippen LogP contribution in [0.5, 0.6) is 0 Å². The van der Waals surface area contributed by atoms with E-state index in [1.807, 2.05) is 18.2 Å². The summed E-state index contributed by atoms with van der Waals surface area (Å²) in [7, 11) is 0. The fraction of sp³-hybridized carbons (Fsp3) is 0.632. The van der Waals surface area contributed by atoms with Crippen LogP contribution in [0, 0.1) is 11.3 Å². The fourth-order valence-corrected chi connectivity index (χ4v) is 4.04. The van der Waals surface area contributed by atoms with Gasteiger partial charge in [-0.1, -0.05) is 31.4 Å². The highest BCUT2D eigenvalue weighted by molar-refractivity contribution is 5.85. The minimum Gasteiger partial charge on any atom is -0.379 e. The Morgan fingerprint density at radius 2 is 1.92 bits per heavy atom. The normalized spacial score (nSPS) is 20.8. The van der Waals surface area contributed by atoms with Crippen molar-refractivity contribution in [3.8, 4) is 6.07 Å². The highest BCUT2D eigenvalue weighted by Crippen LogP contribution is 2.33. The standard InChI is InChI=1S/C19H27N3O.ClH/c20-14-17-5-4-6-18(13-17)15-21-16-19(7-2-1-3-8-19)22-9-11-23-12-10-22;/h4-6,13,21H,1-3,7-12,15-16H2;1H. The third kappa shape index (κ3) is 4.70. The van der Waals surface area contributed by atoms with Gasteiger partial charge in [0.05, 0.1) is 24.8 Å². The van der Waals surface area contributed by atoms with E-state index in [0.717, 1.165) is 45.0 Å². The second-order valence-corrected chi connectivity index (χ2v) is 6.80. The van der Waals surface area contributed by atoms with E-state index in [2.05, 4.69) is 22.4 Å². The van der Waals surface area contributed by atoms with E-state index in [9.17, 15) is 0 Å². The van der Waals surface area contributed by atoms with Crippen molar-refractivity contribution in [1.29, 1.82) is 5.26 Å². The summed E-state index contributed by atoms with van der Waals surface area (Å²) >= 11 is 0. The lowest BCUT2D eigenvalue weighted by atomic mass is 9.79. The second kappa shape index (κ2) is 9.39. The van der Waals surface area contributed by atoms with Crippen LogP contribution in [0.25, 0.3) is 0 Å². The van der Waals surface area contributed by atoms with Crippen molar-refractivity contribution < 1.29 is 4.74 Å². The average molecular weight is 350 g/mol. The first-order valence-electron chi connectivity index (χ1n) is 8.85. The zero-order valence-corrected chi connectivity index (χ0v) is 15.1. The van der Waals surface area contributed by atoms with Gasteiger partial charge in [-0.2, -0.15) is 5.26 Å². The van der Waals surface area contributed by atoms with Gasteiger partial charge in [0.2, 0.25) is 0 Å². The van der Waals surface area contributed by atoms with Crippen LogP contribution < -0.4 is 5.32 Å². The number of ether oxygens (including phenoxy) is 1. The fourth-order valence-electron chi connectivity index (χ4n) is 4.04. The second-order valence-electron chi connectivity index (χ2n) is 6.80. The third-order valence-electron chi connectivity index (χ3n) is 5.31. The van der Waals surface area contributed by atoms with Crippen LogP contribution in [0.4, 0.5) is 0 Å². The van der Waals surface area contributed by atoms with Gasteiger partial charge in [-0.15, -0.1) is 12.4 Å². The number of halogens is 1. The van der Waals surface area contributed by atoms with Crippen LogP contribution in [0.3, 0.4) is 0 Å². The summed E-state index contributed by atoms with van der Waals surface area (Å²) < 4.78 is 5.54. The molecule has 1 aliphatic heterocycles. The highest BCUT2D eigenvalue weighted by atomic mass is 35.5. The van der Waals surface area contributed by atoms with Crippen molar-refractivity contribution in [2.24, 2.45) is 0 Å². The van der Waals surface area contributed by atoms with Gasteiger partial charge < -0.3 is 10.1 Å². The van der Waals surface area contributed by atoms with E-state index in [1.54, 1.807) is 0 Å². The van der Waals surface area contributed by atoms with Gasteiger partial charge >= 0.3 is 0 Å². The quantitative estimate of drug-likeness (QED) is 0.887. The number of morpholine rings is 1. The monoisotopic (exact) mass is 349 g/mol. The highest BCUT2D eigenvalue weighted by Gasteiger charge is 2.38. The molecule has 0 radical (unpaired) electrons. The molecule has 3 rings (SSSR count). The van der Waals surface area contributed by atoms with Gasteiger partial charge in [0.1, 0.15) is 0 Å². The van der Waals surface area contributed by atoms with Crippen LogP contribution in [0.15, 0.2) is 24.3 Å². The number of nitrogens with one attached hydrogen (secondary N) is 1. The van der Waals surface area contributed by atoms with Gasteiger partial charge in [0, 0.05) is 31.7 Å². The lowest BCUT2D eigenvalue weighted by Crippen LogP contribution is -2.59. The van der Waals surface area contributed by atoms with Gasteiger partial charge in [0.15, 0.2) is 0 Å². The third-order valence-corrected chi connectivity index (χ3v) is 5.31. The molecule has 1 aliphatic carbocycles. The molecule has 0 bridgehead atoms. The van der Waals surface area contributed by atoms with Crippen LogP contribution in [-0.4, -0.2) is 43.3 Å². The first-order chi connectivity index (χ1) is 11.3. The molecule has 0 spiro atoms. The largest absolute Gasteiger partial charge is 0.379 e. The number of nitrogens with zero attached hydrogens (tertiary/aromatic N) is 2. The number of hydrogen-bond acceptors (Lipinski definition) is 4. The molecule has 2 fully saturated rings. The summed E-state index contributed by atoms with van der Waals surface area (Å²) in [6.45, 7) is 5.72. The van der Waals surface area contributed by atoms with Crippen molar-refractivity contribution >= 4 is 12.4 Å². The van der Waals surface area contributed by atoms with Crippen molar-refractivity contribution in [1.82, 2.24) is 10.2 Å². The zero-order valence-electron chi connectivity index (χ0n) is 14.3. The van der Waals surface area contributed by atoms with E-state index in [4.69, 9.17) is 10.00 Å². The van der Waals surface area contributed by atoms with Crippen molar-refractivity contribution in [3.63, 3.8) is 0 Å². The van der Waals surface area contributed by atoms with Crippen molar-refractivity contribution in [2.75, 3.05) is 32.8 Å². The molecular weight excluding hydrogens is 322 g/mol. The van der Waals surface area contributed by atoms with Crippen LogP contribution in [0.1, 0.15) is 43.2 Å². The molecule has 0 unspecified atom stereocenters. The van der Waals surface area contributed by atoms with E-state index >= 15 is 0 Å². The van der Waals surface area contributed by atoms with Crippen LogP contribution in [-0.2, 0) is 11.3 Å². The number of benzene rings is 1. The maximum Gasteiger partial charge on any atom is 0.0991 e. The Hall–Kier alpha value is -1.12. The number of nitriles is 1. The van der Waals surface area contributed by atoms with Gasteiger partial charge in [-0.3, -0.25) is 4.90 Å². The average Bonchev–Trinajstić information content (AvgIpc) is 2.63. The number of rotatable bonds is 5. The summed E-state index contributed by atoms with van der Waals surface area (Å²) in [6, 6.07) is 10.1. The van der Waals surface area contributed by atoms with E-state index < -0.39 is 0 Å². The molecular formula is C19H28ClN3O. The van der Waals surface area contributed by atoms with Crippen LogP contribution in [0.2, 0.25) is 0 Å². The van der Waals surface area contributed by atoms with E-state index in [0.29, 0.717) is 5.54 Å². The predicted octanol–water partition coefficient (Wildman–Crippen LogP) is 3.10. The Bertz CT molecular complexity index is 546. The Balaban J connectivity index is 0.00000208. The maximum absolute atomic E-state index is 9.01.